The fraction of sp³-hybridized carbons (Fsp3) is 0.429. The van der Waals surface area contributed by atoms with Gasteiger partial charge in [0, 0.05) is 22.7 Å². The quantitative estimate of drug-likeness (QED) is 0.572. The van der Waals surface area contributed by atoms with E-state index in [1.54, 1.807) is 29.6 Å². The molecular formula is C21H28N4O3S+2. The SMILES string of the molecule is COc1ccc(C[NH+]2CC[NH+](Cc3cc(=O)n4c(C)csc4n3)CC2)cc1OC. The van der Waals surface area contributed by atoms with Crippen molar-refractivity contribution in [3.63, 3.8) is 0 Å². The third kappa shape index (κ3) is 4.29. The van der Waals surface area contributed by atoms with Gasteiger partial charge in [-0.15, -0.1) is 11.3 Å². The van der Waals surface area contributed by atoms with E-state index in [2.05, 4.69) is 12.1 Å². The van der Waals surface area contributed by atoms with Crippen LogP contribution in [0.1, 0.15) is 17.0 Å². The van der Waals surface area contributed by atoms with E-state index in [4.69, 9.17) is 14.5 Å². The lowest BCUT2D eigenvalue weighted by Crippen LogP contribution is -3.27. The fourth-order valence-electron chi connectivity index (χ4n) is 4.04. The molecule has 0 aliphatic carbocycles. The van der Waals surface area contributed by atoms with Crippen LogP contribution in [0.4, 0.5) is 0 Å². The van der Waals surface area contributed by atoms with Crippen molar-refractivity contribution in [1.29, 1.82) is 0 Å². The van der Waals surface area contributed by atoms with Crippen molar-refractivity contribution in [3.05, 3.63) is 57.0 Å². The standard InChI is InChI=1S/C21H26N4O3S/c1-15-14-29-21-22-17(11-20(26)25(15)21)13-24-8-6-23(7-9-24)12-16-4-5-18(27-2)19(10-16)28-3/h4-5,10-11,14H,6-9,12-13H2,1-3H3/p+2. The van der Waals surface area contributed by atoms with Crippen molar-refractivity contribution in [2.24, 2.45) is 0 Å². The number of hydrogen-bond acceptors (Lipinski definition) is 5. The maximum absolute atomic E-state index is 12.4. The Balaban J connectivity index is 1.36. The summed E-state index contributed by atoms with van der Waals surface area (Å²) in [6, 6.07) is 7.86. The molecule has 1 aromatic carbocycles. The first-order valence-corrected chi connectivity index (χ1v) is 10.8. The number of aryl methyl sites for hydroxylation is 1. The third-order valence-electron chi connectivity index (χ3n) is 5.63. The summed E-state index contributed by atoms with van der Waals surface area (Å²) in [5, 5.41) is 1.98. The van der Waals surface area contributed by atoms with Crippen LogP contribution in [-0.4, -0.2) is 49.8 Å². The van der Waals surface area contributed by atoms with E-state index < -0.39 is 0 Å². The number of aromatic nitrogens is 2. The van der Waals surface area contributed by atoms with E-state index in [0.717, 1.165) is 67.1 Å². The smallest absolute Gasteiger partial charge is 0.259 e. The number of quaternary nitrogens is 2. The molecule has 3 aromatic rings. The number of piperazine rings is 1. The van der Waals surface area contributed by atoms with Crippen molar-refractivity contribution in [1.82, 2.24) is 9.38 Å². The number of methoxy groups -OCH3 is 2. The highest BCUT2D eigenvalue weighted by molar-refractivity contribution is 7.15. The summed E-state index contributed by atoms with van der Waals surface area (Å²) in [4.78, 5) is 20.9. The Bertz CT molecular complexity index is 1050. The zero-order valence-corrected chi connectivity index (χ0v) is 18.0. The van der Waals surface area contributed by atoms with Gasteiger partial charge in [0.05, 0.1) is 14.2 Å². The highest BCUT2D eigenvalue weighted by atomic mass is 32.1. The fourth-order valence-corrected chi connectivity index (χ4v) is 4.93. The summed E-state index contributed by atoms with van der Waals surface area (Å²) < 4.78 is 12.4. The van der Waals surface area contributed by atoms with Gasteiger partial charge in [-0.2, -0.15) is 0 Å². The molecule has 3 heterocycles. The van der Waals surface area contributed by atoms with Crippen LogP contribution in [0.15, 0.2) is 34.4 Å². The number of rotatable bonds is 6. The normalized spacial score (nSPS) is 19.4. The lowest BCUT2D eigenvalue weighted by molar-refractivity contribution is -1.02. The predicted octanol–water partition coefficient (Wildman–Crippen LogP) is -0.435. The van der Waals surface area contributed by atoms with Gasteiger partial charge in [-0.3, -0.25) is 9.20 Å². The molecule has 0 spiro atoms. The highest BCUT2D eigenvalue weighted by Crippen LogP contribution is 2.27. The summed E-state index contributed by atoms with van der Waals surface area (Å²) in [6.45, 7) is 8.09. The monoisotopic (exact) mass is 416 g/mol. The topological polar surface area (TPSA) is 61.7 Å². The maximum atomic E-state index is 12.4. The molecule has 4 rings (SSSR count). The van der Waals surface area contributed by atoms with Crippen LogP contribution >= 0.6 is 11.3 Å². The number of thiazole rings is 1. The molecule has 1 aliphatic rings. The number of fused-ring (bicyclic) bond motifs is 1. The van der Waals surface area contributed by atoms with Gasteiger partial charge in [-0.05, 0) is 25.1 Å². The van der Waals surface area contributed by atoms with Crippen LogP contribution in [0.3, 0.4) is 0 Å². The molecule has 0 bridgehead atoms. The number of benzene rings is 1. The molecule has 0 atom stereocenters. The molecule has 1 saturated heterocycles. The van der Waals surface area contributed by atoms with Gasteiger partial charge in [0.1, 0.15) is 45.0 Å². The number of nitrogens with one attached hydrogen (secondary N) is 2. The lowest BCUT2D eigenvalue weighted by Gasteiger charge is -2.29. The molecule has 2 N–H and O–H groups in total. The Kier molecular flexibility index (Phi) is 5.84. The second-order valence-corrected chi connectivity index (χ2v) is 8.46. The molecule has 1 fully saturated rings. The summed E-state index contributed by atoms with van der Waals surface area (Å²) in [5.41, 5.74) is 3.14. The Morgan fingerprint density at radius 3 is 2.41 bits per heavy atom. The van der Waals surface area contributed by atoms with Crippen molar-refractivity contribution in [2.45, 2.75) is 20.0 Å². The first-order chi connectivity index (χ1) is 14.1. The first-order valence-electron chi connectivity index (χ1n) is 9.92. The minimum absolute atomic E-state index is 0.0286. The van der Waals surface area contributed by atoms with E-state index in [0.29, 0.717) is 0 Å². The molecule has 0 unspecified atom stereocenters. The molecular weight excluding hydrogens is 388 g/mol. The third-order valence-corrected chi connectivity index (χ3v) is 6.57. The summed E-state index contributed by atoms with van der Waals surface area (Å²) in [6.07, 6.45) is 0. The highest BCUT2D eigenvalue weighted by Gasteiger charge is 2.24. The molecule has 1 aliphatic heterocycles. The minimum atomic E-state index is 0.0286. The van der Waals surface area contributed by atoms with Gasteiger partial charge >= 0.3 is 0 Å². The minimum Gasteiger partial charge on any atom is -0.493 e. The van der Waals surface area contributed by atoms with Gasteiger partial charge < -0.3 is 19.3 Å². The average Bonchev–Trinajstić information content (AvgIpc) is 3.10. The number of ether oxygens (including phenoxy) is 2. The molecule has 0 amide bonds. The van der Waals surface area contributed by atoms with E-state index in [-0.39, 0.29) is 5.56 Å². The van der Waals surface area contributed by atoms with Crippen LogP contribution in [0, 0.1) is 6.92 Å². The van der Waals surface area contributed by atoms with Crippen molar-refractivity contribution in [2.75, 3.05) is 40.4 Å². The summed E-state index contributed by atoms with van der Waals surface area (Å²) >= 11 is 1.53. The van der Waals surface area contributed by atoms with E-state index in [1.807, 2.05) is 18.4 Å². The molecule has 154 valence electrons. The van der Waals surface area contributed by atoms with Crippen molar-refractivity contribution in [3.8, 4) is 11.5 Å². The van der Waals surface area contributed by atoms with Crippen LogP contribution in [-0.2, 0) is 13.1 Å². The average molecular weight is 417 g/mol. The second kappa shape index (κ2) is 8.52. The van der Waals surface area contributed by atoms with E-state index in [9.17, 15) is 4.79 Å². The molecule has 0 saturated carbocycles. The van der Waals surface area contributed by atoms with E-state index >= 15 is 0 Å². The molecule has 29 heavy (non-hydrogen) atoms. The molecule has 8 heteroatoms. The summed E-state index contributed by atoms with van der Waals surface area (Å²) in [7, 11) is 3.33. The maximum Gasteiger partial charge on any atom is 0.259 e. The molecule has 7 nitrogen and oxygen atoms in total. The number of nitrogens with zero attached hydrogens (tertiary/aromatic N) is 2. The van der Waals surface area contributed by atoms with Gasteiger partial charge in [-0.25, -0.2) is 4.98 Å². The molecule has 2 aromatic heterocycles. The van der Waals surface area contributed by atoms with Crippen molar-refractivity contribution >= 4 is 16.3 Å². The van der Waals surface area contributed by atoms with Crippen LogP contribution < -0.4 is 24.8 Å². The first kappa shape index (κ1) is 19.9. The van der Waals surface area contributed by atoms with E-state index in [1.165, 1.54) is 21.8 Å². The Labute approximate surface area is 174 Å². The Morgan fingerprint density at radius 2 is 1.72 bits per heavy atom. The summed E-state index contributed by atoms with van der Waals surface area (Å²) in [5.74, 6) is 1.55. The molecule has 0 radical (unpaired) electrons. The van der Waals surface area contributed by atoms with Gasteiger partial charge in [-0.1, -0.05) is 0 Å². The Morgan fingerprint density at radius 1 is 1.03 bits per heavy atom. The van der Waals surface area contributed by atoms with Gasteiger partial charge in [0.25, 0.3) is 5.56 Å². The van der Waals surface area contributed by atoms with Crippen molar-refractivity contribution < 1.29 is 19.3 Å². The largest absolute Gasteiger partial charge is 0.493 e. The van der Waals surface area contributed by atoms with Crippen LogP contribution in [0.2, 0.25) is 0 Å². The van der Waals surface area contributed by atoms with Gasteiger partial charge in [0.2, 0.25) is 0 Å². The van der Waals surface area contributed by atoms with Crippen LogP contribution in [0.5, 0.6) is 11.5 Å². The zero-order valence-electron chi connectivity index (χ0n) is 17.2. The van der Waals surface area contributed by atoms with Gasteiger partial charge in [0.15, 0.2) is 16.5 Å². The second-order valence-electron chi connectivity index (χ2n) is 7.62. The predicted molar refractivity (Wildman–Crippen MR) is 112 cm³/mol. The lowest BCUT2D eigenvalue weighted by atomic mass is 10.1. The van der Waals surface area contributed by atoms with Crippen LogP contribution in [0.25, 0.3) is 4.96 Å². The number of hydrogen-bond donors (Lipinski definition) is 2. The Hall–Kier alpha value is -2.42. The zero-order chi connectivity index (χ0) is 20.4.